The summed E-state index contributed by atoms with van der Waals surface area (Å²) < 4.78 is 25.3. The summed E-state index contributed by atoms with van der Waals surface area (Å²) in [5.41, 5.74) is 1.27. The Morgan fingerprint density at radius 3 is 2.71 bits per heavy atom. The van der Waals surface area contributed by atoms with Crippen molar-refractivity contribution in [3.8, 4) is 0 Å². The summed E-state index contributed by atoms with van der Waals surface area (Å²) >= 11 is 1.30. The molecule has 1 N–H and O–H groups in total. The second-order valence-corrected chi connectivity index (χ2v) is 9.72. The number of anilines is 1. The van der Waals surface area contributed by atoms with Crippen molar-refractivity contribution >= 4 is 32.2 Å². The van der Waals surface area contributed by atoms with E-state index >= 15 is 0 Å². The van der Waals surface area contributed by atoms with Gasteiger partial charge in [0.25, 0.3) is 5.91 Å². The topological polar surface area (TPSA) is 107 Å². The number of sulfone groups is 1. The highest BCUT2D eigenvalue weighted by Crippen LogP contribution is 2.42. The standard InChI is InChI=1S/C14H17N5O3S2/c1-8-16-17-14(23-8)15-13(20)11-6-12(9-2-3-9)19(18-11)10-4-5-24(21,22)7-10/h6,9-10H,2-5,7H2,1H3,(H,15,17,20)/t10-/m1/s1. The lowest BCUT2D eigenvalue weighted by molar-refractivity contribution is 0.102. The Morgan fingerprint density at radius 1 is 1.33 bits per heavy atom. The van der Waals surface area contributed by atoms with Crippen LogP contribution in [0.5, 0.6) is 0 Å². The van der Waals surface area contributed by atoms with Gasteiger partial charge >= 0.3 is 0 Å². The molecule has 0 spiro atoms. The van der Waals surface area contributed by atoms with Crippen LogP contribution in [0.25, 0.3) is 0 Å². The minimum atomic E-state index is -3.00. The van der Waals surface area contributed by atoms with Crippen LogP contribution in [0.1, 0.15) is 52.4 Å². The molecular formula is C14H17N5O3S2. The molecule has 128 valence electrons. The minimum Gasteiger partial charge on any atom is -0.295 e. The van der Waals surface area contributed by atoms with E-state index in [4.69, 9.17) is 0 Å². The van der Waals surface area contributed by atoms with Crippen molar-refractivity contribution in [2.75, 3.05) is 16.8 Å². The lowest BCUT2D eigenvalue weighted by Crippen LogP contribution is -2.17. The summed E-state index contributed by atoms with van der Waals surface area (Å²) in [5.74, 6) is 0.330. The van der Waals surface area contributed by atoms with Crippen LogP contribution in [0.2, 0.25) is 0 Å². The number of nitrogens with one attached hydrogen (secondary N) is 1. The van der Waals surface area contributed by atoms with Crippen LogP contribution in [-0.2, 0) is 9.84 Å². The third-order valence-electron chi connectivity index (χ3n) is 4.29. The summed E-state index contributed by atoms with van der Waals surface area (Å²) in [7, 11) is -3.00. The van der Waals surface area contributed by atoms with E-state index in [0.29, 0.717) is 23.2 Å². The largest absolute Gasteiger partial charge is 0.295 e. The Kier molecular flexibility index (Phi) is 3.68. The van der Waals surface area contributed by atoms with Crippen molar-refractivity contribution in [2.24, 2.45) is 0 Å². The van der Waals surface area contributed by atoms with Crippen LogP contribution in [0.15, 0.2) is 6.07 Å². The van der Waals surface area contributed by atoms with Gasteiger partial charge in [0.15, 0.2) is 15.5 Å². The fourth-order valence-electron chi connectivity index (χ4n) is 2.97. The number of aromatic nitrogens is 4. The third-order valence-corrected chi connectivity index (χ3v) is 6.80. The van der Waals surface area contributed by atoms with Gasteiger partial charge in [0, 0.05) is 11.6 Å². The molecule has 1 aliphatic heterocycles. The Morgan fingerprint density at radius 2 is 2.12 bits per heavy atom. The zero-order valence-corrected chi connectivity index (χ0v) is 14.7. The maximum absolute atomic E-state index is 12.4. The zero-order valence-electron chi connectivity index (χ0n) is 13.1. The molecule has 1 atom stereocenters. The van der Waals surface area contributed by atoms with Crippen LogP contribution in [0, 0.1) is 6.92 Å². The van der Waals surface area contributed by atoms with Gasteiger partial charge in [-0.3, -0.25) is 14.8 Å². The highest BCUT2D eigenvalue weighted by atomic mass is 32.2. The van der Waals surface area contributed by atoms with Gasteiger partial charge in [-0.05, 0) is 32.3 Å². The smallest absolute Gasteiger partial charge is 0.277 e. The highest BCUT2D eigenvalue weighted by molar-refractivity contribution is 7.91. The van der Waals surface area contributed by atoms with Crippen molar-refractivity contribution in [1.82, 2.24) is 20.0 Å². The van der Waals surface area contributed by atoms with Crippen molar-refractivity contribution in [3.05, 3.63) is 22.5 Å². The molecule has 24 heavy (non-hydrogen) atoms. The van der Waals surface area contributed by atoms with Gasteiger partial charge < -0.3 is 0 Å². The van der Waals surface area contributed by atoms with E-state index in [0.717, 1.165) is 23.5 Å². The zero-order chi connectivity index (χ0) is 16.9. The number of hydrogen-bond donors (Lipinski definition) is 1. The Bertz CT molecular complexity index is 897. The van der Waals surface area contributed by atoms with E-state index in [-0.39, 0.29) is 23.5 Å². The van der Waals surface area contributed by atoms with Crippen LogP contribution in [0.3, 0.4) is 0 Å². The van der Waals surface area contributed by atoms with Gasteiger partial charge in [-0.15, -0.1) is 10.2 Å². The molecule has 0 unspecified atom stereocenters. The third kappa shape index (κ3) is 3.07. The fourth-order valence-corrected chi connectivity index (χ4v) is 5.25. The van der Waals surface area contributed by atoms with Gasteiger partial charge in [-0.2, -0.15) is 5.10 Å². The first-order valence-electron chi connectivity index (χ1n) is 7.82. The lowest BCUT2D eigenvalue weighted by atomic mass is 10.2. The van der Waals surface area contributed by atoms with E-state index < -0.39 is 9.84 Å². The molecule has 4 rings (SSSR count). The molecule has 2 aromatic heterocycles. The van der Waals surface area contributed by atoms with Crippen LogP contribution in [0.4, 0.5) is 5.13 Å². The van der Waals surface area contributed by atoms with Crippen molar-refractivity contribution in [2.45, 2.75) is 38.1 Å². The molecule has 2 fully saturated rings. The molecule has 10 heteroatoms. The molecular weight excluding hydrogens is 350 g/mol. The molecule has 8 nitrogen and oxygen atoms in total. The summed E-state index contributed by atoms with van der Waals surface area (Å²) in [4.78, 5) is 12.4. The second kappa shape index (κ2) is 5.62. The molecule has 1 aliphatic carbocycles. The van der Waals surface area contributed by atoms with Crippen molar-refractivity contribution in [1.29, 1.82) is 0 Å². The molecule has 3 heterocycles. The van der Waals surface area contributed by atoms with E-state index in [1.54, 1.807) is 10.7 Å². The molecule has 1 saturated heterocycles. The number of carbonyl (C=O) groups is 1. The number of carbonyl (C=O) groups excluding carboxylic acids is 1. The average molecular weight is 367 g/mol. The number of aryl methyl sites for hydroxylation is 1. The molecule has 2 aliphatic rings. The Balaban J connectivity index is 1.60. The minimum absolute atomic E-state index is 0.102. The summed E-state index contributed by atoms with van der Waals surface area (Å²) in [5, 5.41) is 16.1. The first-order chi connectivity index (χ1) is 11.4. The van der Waals surface area contributed by atoms with E-state index in [2.05, 4.69) is 20.6 Å². The Hall–Kier alpha value is -1.81. The Labute approximate surface area is 143 Å². The molecule has 0 bridgehead atoms. The summed E-state index contributed by atoms with van der Waals surface area (Å²) in [6.45, 7) is 1.81. The van der Waals surface area contributed by atoms with Crippen molar-refractivity contribution in [3.63, 3.8) is 0 Å². The molecule has 0 aromatic carbocycles. The van der Waals surface area contributed by atoms with E-state index in [1.807, 2.05) is 6.92 Å². The molecule has 1 saturated carbocycles. The van der Waals surface area contributed by atoms with Crippen molar-refractivity contribution < 1.29 is 13.2 Å². The molecule has 1 amide bonds. The van der Waals surface area contributed by atoms with Gasteiger partial charge in [-0.25, -0.2) is 8.42 Å². The monoisotopic (exact) mass is 367 g/mol. The maximum Gasteiger partial charge on any atom is 0.277 e. The first kappa shape index (κ1) is 15.7. The molecule has 0 radical (unpaired) electrons. The normalized spacial score (nSPS) is 22.6. The first-order valence-corrected chi connectivity index (χ1v) is 10.5. The van der Waals surface area contributed by atoms with Gasteiger partial charge in [0.05, 0.1) is 17.5 Å². The number of hydrogen-bond acceptors (Lipinski definition) is 7. The van der Waals surface area contributed by atoms with Gasteiger partial charge in [0.2, 0.25) is 5.13 Å². The summed E-state index contributed by atoms with van der Waals surface area (Å²) in [6, 6.07) is 1.61. The second-order valence-electron chi connectivity index (χ2n) is 6.31. The van der Waals surface area contributed by atoms with E-state index in [9.17, 15) is 13.2 Å². The molecule has 2 aromatic rings. The fraction of sp³-hybridized carbons (Fsp3) is 0.571. The van der Waals surface area contributed by atoms with E-state index in [1.165, 1.54) is 11.3 Å². The number of nitrogens with zero attached hydrogens (tertiary/aromatic N) is 4. The summed E-state index contributed by atoms with van der Waals surface area (Å²) in [6.07, 6.45) is 2.67. The predicted octanol–water partition coefficient (Wildman–Crippen LogP) is 1.53. The average Bonchev–Trinajstić information content (AvgIpc) is 2.96. The van der Waals surface area contributed by atoms with Gasteiger partial charge in [-0.1, -0.05) is 11.3 Å². The van der Waals surface area contributed by atoms with Crippen LogP contribution in [-0.4, -0.2) is 45.8 Å². The maximum atomic E-state index is 12.4. The number of rotatable bonds is 4. The van der Waals surface area contributed by atoms with Crippen LogP contribution >= 0.6 is 11.3 Å². The SMILES string of the molecule is Cc1nnc(NC(=O)c2cc(C3CC3)n([C@@H]3CCS(=O)(=O)C3)n2)s1. The number of amides is 1. The predicted molar refractivity (Wildman–Crippen MR) is 89.1 cm³/mol. The lowest BCUT2D eigenvalue weighted by Gasteiger charge is -2.12. The quantitative estimate of drug-likeness (QED) is 0.878. The van der Waals surface area contributed by atoms with Crippen LogP contribution < -0.4 is 5.32 Å². The highest BCUT2D eigenvalue weighted by Gasteiger charge is 2.36. The van der Waals surface area contributed by atoms with Gasteiger partial charge in [0.1, 0.15) is 5.01 Å².